The smallest absolute Gasteiger partial charge is 0.0811 e. The molecule has 0 aromatic carbocycles. The van der Waals surface area contributed by atoms with Crippen LogP contribution in [0.2, 0.25) is 0 Å². The maximum absolute atomic E-state index is 8.78. The fourth-order valence-corrected chi connectivity index (χ4v) is 1.46. The largest absolute Gasteiger partial charge is 0.394 e. The number of aliphatic hydroxyl groups is 1. The van der Waals surface area contributed by atoms with Gasteiger partial charge in [-0.1, -0.05) is 0 Å². The van der Waals surface area contributed by atoms with Crippen molar-refractivity contribution in [1.82, 2.24) is 4.90 Å². The summed E-state index contributed by atoms with van der Waals surface area (Å²) in [7, 11) is 4.07. The van der Waals surface area contributed by atoms with Crippen molar-refractivity contribution in [3.63, 3.8) is 0 Å². The number of ether oxygens (including phenoxy) is 1. The molecule has 66 valence electrons. The first-order valence-electron chi connectivity index (χ1n) is 4.13. The van der Waals surface area contributed by atoms with Crippen LogP contribution in [-0.2, 0) is 4.74 Å². The van der Waals surface area contributed by atoms with E-state index >= 15 is 0 Å². The maximum Gasteiger partial charge on any atom is 0.0811 e. The van der Waals surface area contributed by atoms with Crippen LogP contribution in [-0.4, -0.2) is 49.5 Å². The second-order valence-corrected chi connectivity index (χ2v) is 3.40. The van der Waals surface area contributed by atoms with Crippen LogP contribution in [0.25, 0.3) is 0 Å². The molecule has 0 aromatic rings. The Hall–Kier alpha value is -0.120. The highest BCUT2D eigenvalue weighted by molar-refractivity contribution is 4.74. The van der Waals surface area contributed by atoms with Gasteiger partial charge in [0.2, 0.25) is 0 Å². The van der Waals surface area contributed by atoms with Gasteiger partial charge in [-0.05, 0) is 26.9 Å². The summed E-state index contributed by atoms with van der Waals surface area (Å²) in [4.78, 5) is 2.12. The number of rotatable bonds is 3. The van der Waals surface area contributed by atoms with E-state index in [2.05, 4.69) is 4.90 Å². The first kappa shape index (κ1) is 8.97. The molecule has 1 fully saturated rings. The summed E-state index contributed by atoms with van der Waals surface area (Å²) in [6.45, 7) is 1.14. The second-order valence-electron chi connectivity index (χ2n) is 3.40. The van der Waals surface area contributed by atoms with Crippen LogP contribution in [0.4, 0.5) is 0 Å². The van der Waals surface area contributed by atoms with E-state index in [-0.39, 0.29) is 12.7 Å². The average Bonchev–Trinajstić information content (AvgIpc) is 2.34. The number of hydrogen-bond acceptors (Lipinski definition) is 3. The van der Waals surface area contributed by atoms with Gasteiger partial charge in [0, 0.05) is 6.54 Å². The predicted octanol–water partition coefficient (Wildman–Crippen LogP) is 0.0879. The molecule has 0 radical (unpaired) electrons. The van der Waals surface area contributed by atoms with Gasteiger partial charge in [0.05, 0.1) is 18.8 Å². The normalized spacial score (nSPS) is 31.6. The van der Waals surface area contributed by atoms with Gasteiger partial charge in [-0.3, -0.25) is 0 Å². The minimum absolute atomic E-state index is 0.0972. The Bertz CT molecular complexity index is 117. The van der Waals surface area contributed by atoms with Crippen LogP contribution < -0.4 is 0 Å². The topological polar surface area (TPSA) is 32.7 Å². The fourth-order valence-electron chi connectivity index (χ4n) is 1.46. The van der Waals surface area contributed by atoms with Crippen LogP contribution in [0.3, 0.4) is 0 Å². The highest BCUT2D eigenvalue weighted by Crippen LogP contribution is 2.19. The van der Waals surface area contributed by atoms with Crippen molar-refractivity contribution >= 4 is 0 Å². The third-order valence-electron chi connectivity index (χ3n) is 1.97. The van der Waals surface area contributed by atoms with Crippen molar-refractivity contribution in [1.29, 1.82) is 0 Å². The molecule has 1 saturated heterocycles. The molecule has 1 rings (SSSR count). The molecule has 2 atom stereocenters. The van der Waals surface area contributed by atoms with E-state index in [1.54, 1.807) is 0 Å². The molecule has 1 N–H and O–H groups in total. The molecule has 0 spiro atoms. The van der Waals surface area contributed by atoms with Crippen LogP contribution in [0, 0.1) is 0 Å². The average molecular weight is 159 g/mol. The number of likely N-dealkylation sites (N-methyl/N-ethyl adjacent to an activating group) is 1. The van der Waals surface area contributed by atoms with Gasteiger partial charge in [0.15, 0.2) is 0 Å². The molecule has 0 amide bonds. The Kier molecular flexibility index (Phi) is 3.30. The van der Waals surface area contributed by atoms with Gasteiger partial charge in [0.25, 0.3) is 0 Å². The summed E-state index contributed by atoms with van der Waals surface area (Å²) in [5.41, 5.74) is 0. The van der Waals surface area contributed by atoms with Crippen LogP contribution in [0.1, 0.15) is 12.8 Å². The third-order valence-corrected chi connectivity index (χ3v) is 1.97. The maximum atomic E-state index is 8.78. The Balaban J connectivity index is 2.19. The lowest BCUT2D eigenvalue weighted by Gasteiger charge is -2.16. The van der Waals surface area contributed by atoms with E-state index in [0.29, 0.717) is 6.10 Å². The van der Waals surface area contributed by atoms with Gasteiger partial charge in [-0.15, -0.1) is 0 Å². The van der Waals surface area contributed by atoms with E-state index < -0.39 is 0 Å². The van der Waals surface area contributed by atoms with Crippen molar-refractivity contribution in [2.75, 3.05) is 27.2 Å². The highest BCUT2D eigenvalue weighted by atomic mass is 16.5. The van der Waals surface area contributed by atoms with Crippen molar-refractivity contribution < 1.29 is 9.84 Å². The summed E-state index contributed by atoms with van der Waals surface area (Å²) in [5, 5.41) is 8.78. The number of nitrogens with zero attached hydrogens (tertiary/aromatic N) is 1. The Morgan fingerprint density at radius 3 is 2.45 bits per heavy atom. The molecule has 0 bridgehead atoms. The van der Waals surface area contributed by atoms with Gasteiger partial charge in [0.1, 0.15) is 0 Å². The predicted molar refractivity (Wildman–Crippen MR) is 43.5 cm³/mol. The van der Waals surface area contributed by atoms with E-state index in [0.717, 1.165) is 19.4 Å². The summed E-state index contributed by atoms with van der Waals surface area (Å²) in [6, 6.07) is 0. The minimum atomic E-state index is 0.0972. The minimum Gasteiger partial charge on any atom is -0.394 e. The molecule has 1 aliphatic rings. The van der Waals surface area contributed by atoms with E-state index in [1.165, 1.54) is 0 Å². The molecular weight excluding hydrogens is 142 g/mol. The monoisotopic (exact) mass is 159 g/mol. The molecule has 3 nitrogen and oxygen atoms in total. The summed E-state index contributed by atoms with van der Waals surface area (Å²) < 4.78 is 5.53. The Morgan fingerprint density at radius 1 is 1.36 bits per heavy atom. The Labute approximate surface area is 68.0 Å². The quantitative estimate of drug-likeness (QED) is 0.633. The lowest BCUT2D eigenvalue weighted by Crippen LogP contribution is -2.26. The first-order valence-corrected chi connectivity index (χ1v) is 4.13. The molecule has 0 saturated carbocycles. The van der Waals surface area contributed by atoms with E-state index in [9.17, 15) is 0 Å². The van der Waals surface area contributed by atoms with E-state index in [1.807, 2.05) is 14.1 Å². The van der Waals surface area contributed by atoms with Crippen molar-refractivity contribution in [2.45, 2.75) is 25.0 Å². The van der Waals surface area contributed by atoms with Crippen LogP contribution in [0.5, 0.6) is 0 Å². The lowest BCUT2D eigenvalue weighted by atomic mass is 10.2. The molecule has 1 heterocycles. The molecule has 3 heteroatoms. The molecule has 1 aliphatic heterocycles. The SMILES string of the molecule is CN(C)C[C@@H]1CC[C@H](CO)O1. The summed E-state index contributed by atoms with van der Waals surface area (Å²) in [6.07, 6.45) is 2.53. The Morgan fingerprint density at radius 2 is 2.00 bits per heavy atom. The van der Waals surface area contributed by atoms with Gasteiger partial charge in [-0.25, -0.2) is 0 Å². The van der Waals surface area contributed by atoms with Crippen LogP contribution >= 0.6 is 0 Å². The van der Waals surface area contributed by atoms with Crippen LogP contribution in [0.15, 0.2) is 0 Å². The molecule has 0 unspecified atom stereocenters. The molecule has 11 heavy (non-hydrogen) atoms. The van der Waals surface area contributed by atoms with Crippen molar-refractivity contribution in [3.8, 4) is 0 Å². The lowest BCUT2D eigenvalue weighted by molar-refractivity contribution is 0.00236. The van der Waals surface area contributed by atoms with Crippen molar-refractivity contribution in [2.24, 2.45) is 0 Å². The van der Waals surface area contributed by atoms with E-state index in [4.69, 9.17) is 9.84 Å². The standard InChI is InChI=1S/C8H17NO2/c1-9(2)5-7-3-4-8(6-10)11-7/h7-8,10H,3-6H2,1-2H3/t7-,8+/m0/s1. The first-order chi connectivity index (χ1) is 5.22. The highest BCUT2D eigenvalue weighted by Gasteiger charge is 2.24. The molecule has 0 aliphatic carbocycles. The molecule has 0 aromatic heterocycles. The zero-order chi connectivity index (χ0) is 8.27. The van der Waals surface area contributed by atoms with Crippen molar-refractivity contribution in [3.05, 3.63) is 0 Å². The van der Waals surface area contributed by atoms with Gasteiger partial charge >= 0.3 is 0 Å². The van der Waals surface area contributed by atoms with Gasteiger partial charge in [-0.2, -0.15) is 0 Å². The van der Waals surface area contributed by atoms with Gasteiger partial charge < -0.3 is 14.7 Å². The summed E-state index contributed by atoms with van der Waals surface area (Å²) >= 11 is 0. The fraction of sp³-hybridized carbons (Fsp3) is 1.00. The molecular formula is C8H17NO2. The third kappa shape index (κ3) is 2.77. The zero-order valence-corrected chi connectivity index (χ0v) is 7.29. The zero-order valence-electron chi connectivity index (χ0n) is 7.29. The summed E-state index contributed by atoms with van der Waals surface area (Å²) in [5.74, 6) is 0. The second kappa shape index (κ2) is 4.04. The number of aliphatic hydroxyl groups excluding tert-OH is 1. The number of hydrogen-bond donors (Lipinski definition) is 1.